The van der Waals surface area contributed by atoms with Gasteiger partial charge in [-0.05, 0) is 12.1 Å². The second-order valence-corrected chi connectivity index (χ2v) is 3.51. The number of carbonyl (C=O) groups is 1. The maximum Gasteiger partial charge on any atom is 0.267 e. The van der Waals surface area contributed by atoms with E-state index in [1.54, 1.807) is 12.1 Å². The van der Waals surface area contributed by atoms with Gasteiger partial charge in [0.1, 0.15) is 5.82 Å². The summed E-state index contributed by atoms with van der Waals surface area (Å²) in [5.74, 6) is 0.234. The van der Waals surface area contributed by atoms with Crippen molar-refractivity contribution in [2.75, 3.05) is 32.0 Å². The van der Waals surface area contributed by atoms with Gasteiger partial charge < -0.3 is 10.5 Å². The van der Waals surface area contributed by atoms with Crippen LogP contribution in [0.4, 0.5) is 5.82 Å². The first-order valence-corrected chi connectivity index (χ1v) is 5.11. The maximum absolute atomic E-state index is 11.7. The molecule has 0 spiro atoms. The summed E-state index contributed by atoms with van der Waals surface area (Å²) in [5, 5.41) is 1.84. The lowest BCUT2D eigenvalue weighted by Crippen LogP contribution is -2.48. The van der Waals surface area contributed by atoms with Gasteiger partial charge in [0.2, 0.25) is 0 Å². The summed E-state index contributed by atoms with van der Waals surface area (Å²) in [4.78, 5) is 15.6. The first kappa shape index (κ1) is 10.8. The van der Waals surface area contributed by atoms with Gasteiger partial charge in [-0.3, -0.25) is 10.2 Å². The summed E-state index contributed by atoms with van der Waals surface area (Å²) < 4.78 is 5.18. The normalized spacial score (nSPS) is 17.0. The van der Waals surface area contributed by atoms with Gasteiger partial charge in [-0.2, -0.15) is 0 Å². The lowest BCUT2D eigenvalue weighted by atomic mass is 10.3. The van der Waals surface area contributed by atoms with E-state index >= 15 is 0 Å². The number of nitrogens with zero attached hydrogens (tertiary/aromatic N) is 2. The third-order valence-corrected chi connectivity index (χ3v) is 2.32. The number of anilines is 1. The Bertz CT molecular complexity index is 360. The van der Waals surface area contributed by atoms with E-state index in [1.165, 1.54) is 6.20 Å². The molecular weight excluding hydrogens is 208 g/mol. The van der Waals surface area contributed by atoms with Crippen molar-refractivity contribution in [2.45, 2.75) is 0 Å². The Morgan fingerprint density at radius 1 is 1.44 bits per heavy atom. The summed E-state index contributed by atoms with van der Waals surface area (Å²) in [6.45, 7) is 2.68. The largest absolute Gasteiger partial charge is 0.384 e. The smallest absolute Gasteiger partial charge is 0.267 e. The number of carbonyl (C=O) groups excluding carboxylic acids is 1. The topological polar surface area (TPSA) is 80.5 Å². The van der Waals surface area contributed by atoms with Crippen LogP contribution < -0.4 is 11.2 Å². The molecule has 6 nitrogen and oxygen atoms in total. The highest BCUT2D eigenvalue weighted by Gasteiger charge is 2.14. The van der Waals surface area contributed by atoms with Crippen molar-refractivity contribution in [2.24, 2.45) is 0 Å². The zero-order chi connectivity index (χ0) is 11.4. The highest BCUT2D eigenvalue weighted by molar-refractivity contribution is 5.93. The number of pyridine rings is 1. The van der Waals surface area contributed by atoms with E-state index < -0.39 is 0 Å². The monoisotopic (exact) mass is 222 g/mol. The van der Waals surface area contributed by atoms with Crippen LogP contribution in [0.5, 0.6) is 0 Å². The summed E-state index contributed by atoms with van der Waals surface area (Å²) in [7, 11) is 0. The zero-order valence-corrected chi connectivity index (χ0v) is 8.85. The molecule has 6 heteroatoms. The quantitative estimate of drug-likeness (QED) is 0.714. The Balaban J connectivity index is 1.94. The molecule has 0 aliphatic carbocycles. The number of nitrogens with two attached hydrogens (primary N) is 1. The molecule has 86 valence electrons. The first-order chi connectivity index (χ1) is 7.75. The second-order valence-electron chi connectivity index (χ2n) is 3.51. The molecule has 0 aromatic carbocycles. The molecule has 1 fully saturated rings. The van der Waals surface area contributed by atoms with Gasteiger partial charge in [0.15, 0.2) is 0 Å². The molecule has 2 heterocycles. The summed E-state index contributed by atoms with van der Waals surface area (Å²) in [6.07, 6.45) is 1.46. The van der Waals surface area contributed by atoms with Gasteiger partial charge in [-0.25, -0.2) is 9.99 Å². The molecule has 0 radical (unpaired) electrons. The molecule has 0 unspecified atom stereocenters. The van der Waals surface area contributed by atoms with E-state index in [0.717, 1.165) is 0 Å². The Morgan fingerprint density at radius 2 is 2.19 bits per heavy atom. The minimum atomic E-state index is -0.172. The molecular formula is C10H14N4O2. The molecule has 0 saturated carbocycles. The number of amides is 1. The molecule has 2 rings (SSSR count). The standard InChI is InChI=1S/C10H14N4O2/c11-9-2-1-8(7-12-9)10(15)13-14-3-5-16-6-4-14/h1-2,7H,3-6H2,(H2,11,12)(H,13,15). The van der Waals surface area contributed by atoms with Crippen LogP contribution in [0, 0.1) is 0 Å². The minimum Gasteiger partial charge on any atom is -0.384 e. The third-order valence-electron chi connectivity index (χ3n) is 2.32. The Morgan fingerprint density at radius 3 is 2.81 bits per heavy atom. The SMILES string of the molecule is Nc1ccc(C(=O)NN2CCOCC2)cn1. The van der Waals surface area contributed by atoms with Crippen molar-refractivity contribution in [1.82, 2.24) is 15.4 Å². The van der Waals surface area contributed by atoms with E-state index in [0.29, 0.717) is 37.7 Å². The Hall–Kier alpha value is -1.66. The number of hydrogen-bond donors (Lipinski definition) is 2. The van der Waals surface area contributed by atoms with Gasteiger partial charge in [-0.15, -0.1) is 0 Å². The highest BCUT2D eigenvalue weighted by Crippen LogP contribution is 2.02. The fraction of sp³-hybridized carbons (Fsp3) is 0.400. The molecule has 0 atom stereocenters. The first-order valence-electron chi connectivity index (χ1n) is 5.11. The summed E-state index contributed by atoms with van der Waals surface area (Å²) >= 11 is 0. The predicted molar refractivity (Wildman–Crippen MR) is 58.5 cm³/mol. The average molecular weight is 222 g/mol. The van der Waals surface area contributed by atoms with Crippen molar-refractivity contribution in [3.05, 3.63) is 23.9 Å². The van der Waals surface area contributed by atoms with Gasteiger partial charge in [-0.1, -0.05) is 0 Å². The van der Waals surface area contributed by atoms with Crippen LogP contribution in [-0.2, 0) is 4.74 Å². The predicted octanol–water partition coefficient (Wildman–Crippen LogP) is -0.359. The van der Waals surface area contributed by atoms with Crippen LogP contribution in [-0.4, -0.2) is 42.2 Å². The molecule has 1 amide bonds. The lowest BCUT2D eigenvalue weighted by Gasteiger charge is -2.26. The molecule has 1 aliphatic heterocycles. The van der Waals surface area contributed by atoms with Gasteiger partial charge >= 0.3 is 0 Å². The molecule has 0 bridgehead atoms. The number of morpholine rings is 1. The second kappa shape index (κ2) is 4.91. The van der Waals surface area contributed by atoms with E-state index in [9.17, 15) is 4.79 Å². The van der Waals surface area contributed by atoms with E-state index in [4.69, 9.17) is 10.5 Å². The lowest BCUT2D eigenvalue weighted by molar-refractivity contribution is 0.0126. The summed E-state index contributed by atoms with van der Waals surface area (Å²) in [5.41, 5.74) is 8.73. The van der Waals surface area contributed by atoms with Crippen LogP contribution in [0.1, 0.15) is 10.4 Å². The fourth-order valence-corrected chi connectivity index (χ4v) is 1.42. The summed E-state index contributed by atoms with van der Waals surface area (Å²) in [6, 6.07) is 3.26. The highest BCUT2D eigenvalue weighted by atomic mass is 16.5. The van der Waals surface area contributed by atoms with Gasteiger partial charge in [0.05, 0.1) is 18.8 Å². The van der Waals surface area contributed by atoms with E-state index in [1.807, 2.05) is 5.01 Å². The molecule has 16 heavy (non-hydrogen) atoms. The Kier molecular flexibility index (Phi) is 3.33. The number of rotatable bonds is 2. The Labute approximate surface area is 93.4 Å². The van der Waals surface area contributed by atoms with E-state index in [2.05, 4.69) is 10.4 Å². The number of aromatic nitrogens is 1. The maximum atomic E-state index is 11.7. The van der Waals surface area contributed by atoms with Crippen LogP contribution in [0.25, 0.3) is 0 Å². The van der Waals surface area contributed by atoms with Crippen LogP contribution >= 0.6 is 0 Å². The number of ether oxygens (including phenoxy) is 1. The van der Waals surface area contributed by atoms with Crippen molar-refractivity contribution >= 4 is 11.7 Å². The van der Waals surface area contributed by atoms with Gasteiger partial charge in [0.25, 0.3) is 5.91 Å². The third kappa shape index (κ3) is 2.68. The molecule has 1 aromatic rings. The minimum absolute atomic E-state index is 0.172. The van der Waals surface area contributed by atoms with Crippen molar-refractivity contribution < 1.29 is 9.53 Å². The fourth-order valence-electron chi connectivity index (χ4n) is 1.42. The molecule has 1 aliphatic rings. The van der Waals surface area contributed by atoms with Crippen LogP contribution in [0.2, 0.25) is 0 Å². The molecule has 1 aromatic heterocycles. The number of hydrazine groups is 1. The van der Waals surface area contributed by atoms with Crippen molar-refractivity contribution in [1.29, 1.82) is 0 Å². The average Bonchev–Trinajstić information content (AvgIpc) is 2.31. The number of nitrogens with one attached hydrogen (secondary N) is 1. The van der Waals surface area contributed by atoms with Crippen molar-refractivity contribution in [3.63, 3.8) is 0 Å². The zero-order valence-electron chi connectivity index (χ0n) is 8.85. The van der Waals surface area contributed by atoms with E-state index in [-0.39, 0.29) is 5.91 Å². The molecule has 3 N–H and O–H groups in total. The van der Waals surface area contributed by atoms with Crippen LogP contribution in [0.3, 0.4) is 0 Å². The van der Waals surface area contributed by atoms with Crippen LogP contribution in [0.15, 0.2) is 18.3 Å². The van der Waals surface area contributed by atoms with Crippen molar-refractivity contribution in [3.8, 4) is 0 Å². The number of nitrogen functional groups attached to an aromatic ring is 1. The molecule has 1 saturated heterocycles. The number of hydrogen-bond acceptors (Lipinski definition) is 5. The van der Waals surface area contributed by atoms with Gasteiger partial charge in [0, 0.05) is 19.3 Å².